The van der Waals surface area contributed by atoms with Crippen molar-refractivity contribution in [3.8, 4) is 17.2 Å². The number of ether oxygens (including phenoxy) is 3. The molecule has 0 radical (unpaired) electrons. The van der Waals surface area contributed by atoms with Gasteiger partial charge in [0.1, 0.15) is 12.4 Å². The number of aliphatic hydroxyl groups excluding tert-OH is 1. The minimum atomic E-state index is -0.181. The molecule has 2 aliphatic rings. The molecule has 134 valence electrons. The van der Waals surface area contributed by atoms with Gasteiger partial charge in [-0.05, 0) is 25.0 Å². The molecule has 2 fully saturated rings. The van der Waals surface area contributed by atoms with Crippen LogP contribution in [0, 0.1) is 5.41 Å². The van der Waals surface area contributed by atoms with E-state index >= 15 is 0 Å². The quantitative estimate of drug-likeness (QED) is 0.866. The summed E-state index contributed by atoms with van der Waals surface area (Å²) >= 11 is 0. The van der Waals surface area contributed by atoms with E-state index in [1.54, 1.807) is 20.4 Å². The van der Waals surface area contributed by atoms with Gasteiger partial charge < -0.3 is 19.3 Å². The van der Waals surface area contributed by atoms with Gasteiger partial charge in [0.2, 0.25) is 0 Å². The van der Waals surface area contributed by atoms with E-state index in [1.807, 2.05) is 18.2 Å². The highest BCUT2D eigenvalue weighted by Gasteiger charge is 2.54. The molecule has 4 rings (SSSR count). The van der Waals surface area contributed by atoms with Crippen LogP contribution >= 0.6 is 0 Å². The van der Waals surface area contributed by atoms with Crippen molar-refractivity contribution in [1.29, 1.82) is 0 Å². The summed E-state index contributed by atoms with van der Waals surface area (Å²) in [6.07, 6.45) is 3.84. The predicted octanol–water partition coefficient (Wildman–Crippen LogP) is 2.09. The van der Waals surface area contributed by atoms with Gasteiger partial charge in [0, 0.05) is 42.7 Å². The van der Waals surface area contributed by atoms with Gasteiger partial charge >= 0.3 is 0 Å². The lowest BCUT2D eigenvalue weighted by Crippen LogP contribution is -2.27. The average molecular weight is 344 g/mol. The van der Waals surface area contributed by atoms with Crippen molar-refractivity contribution in [2.75, 3.05) is 40.5 Å². The van der Waals surface area contributed by atoms with Crippen LogP contribution < -0.4 is 14.2 Å². The summed E-state index contributed by atoms with van der Waals surface area (Å²) < 4.78 is 16.8. The highest BCUT2D eigenvalue weighted by atomic mass is 16.5. The highest BCUT2D eigenvalue weighted by molar-refractivity contribution is 5.88. The zero-order valence-corrected chi connectivity index (χ0v) is 14.7. The van der Waals surface area contributed by atoms with Crippen molar-refractivity contribution in [1.82, 2.24) is 9.88 Å². The van der Waals surface area contributed by atoms with Crippen LogP contribution in [-0.4, -0.2) is 61.6 Å². The lowest BCUT2D eigenvalue weighted by Gasteiger charge is -2.17. The van der Waals surface area contributed by atoms with Crippen LogP contribution in [0.15, 0.2) is 24.4 Å². The largest absolute Gasteiger partial charge is 0.496 e. The van der Waals surface area contributed by atoms with Crippen molar-refractivity contribution >= 4 is 10.9 Å². The van der Waals surface area contributed by atoms with E-state index in [0.717, 1.165) is 49.1 Å². The number of nitrogens with zero attached hydrogens (tertiary/aromatic N) is 2. The Labute approximate surface area is 147 Å². The average Bonchev–Trinajstić information content (AvgIpc) is 3.34. The zero-order chi connectivity index (χ0) is 17.4. The first-order valence-electron chi connectivity index (χ1n) is 8.69. The standard InChI is InChI=1S/C19H24N2O4/c1-23-15-3-6-20-14-10-17(16(24-2)9-13(14)15)25-8-7-21-11-18(22)19(12-21)4-5-19/h3,6,9-10,18,22H,4-5,7-8,11-12H2,1-2H3. The smallest absolute Gasteiger partial charge is 0.163 e. The van der Waals surface area contributed by atoms with Gasteiger partial charge in [0.25, 0.3) is 0 Å². The van der Waals surface area contributed by atoms with Crippen molar-refractivity contribution in [3.05, 3.63) is 24.4 Å². The van der Waals surface area contributed by atoms with E-state index in [-0.39, 0.29) is 11.5 Å². The number of likely N-dealkylation sites (tertiary alicyclic amines) is 1. The lowest BCUT2D eigenvalue weighted by atomic mass is 10.0. The molecular weight excluding hydrogens is 320 g/mol. The van der Waals surface area contributed by atoms with Crippen LogP contribution in [0.5, 0.6) is 17.2 Å². The Morgan fingerprint density at radius 1 is 1.20 bits per heavy atom. The number of pyridine rings is 1. The third-order valence-corrected chi connectivity index (χ3v) is 5.44. The topological polar surface area (TPSA) is 64.0 Å². The molecule has 1 spiro atoms. The second-order valence-electron chi connectivity index (χ2n) is 7.00. The van der Waals surface area contributed by atoms with Gasteiger partial charge in [0.15, 0.2) is 11.5 Å². The first-order valence-corrected chi connectivity index (χ1v) is 8.69. The van der Waals surface area contributed by atoms with Gasteiger partial charge in [0.05, 0.1) is 25.8 Å². The van der Waals surface area contributed by atoms with Crippen LogP contribution in [0.4, 0.5) is 0 Å². The van der Waals surface area contributed by atoms with Gasteiger partial charge in [-0.15, -0.1) is 0 Å². The summed E-state index contributed by atoms with van der Waals surface area (Å²) in [7, 11) is 3.27. The molecule has 1 N–H and O–H groups in total. The molecule has 25 heavy (non-hydrogen) atoms. The Morgan fingerprint density at radius 3 is 2.68 bits per heavy atom. The predicted molar refractivity (Wildman–Crippen MR) is 94.5 cm³/mol. The summed E-state index contributed by atoms with van der Waals surface area (Å²) in [5.41, 5.74) is 0.991. The molecule has 1 unspecified atom stereocenters. The second-order valence-corrected chi connectivity index (χ2v) is 7.00. The molecule has 1 atom stereocenters. The minimum absolute atomic E-state index is 0.181. The lowest BCUT2D eigenvalue weighted by molar-refractivity contribution is 0.130. The molecule has 1 aliphatic carbocycles. The Kier molecular flexibility index (Phi) is 4.17. The molecule has 1 saturated heterocycles. The summed E-state index contributed by atoms with van der Waals surface area (Å²) in [6.45, 7) is 3.07. The van der Waals surface area contributed by atoms with E-state index in [9.17, 15) is 5.11 Å². The molecule has 0 amide bonds. The van der Waals surface area contributed by atoms with Gasteiger partial charge in [-0.25, -0.2) is 0 Å². The number of benzene rings is 1. The van der Waals surface area contributed by atoms with Crippen LogP contribution in [0.1, 0.15) is 12.8 Å². The fourth-order valence-corrected chi connectivity index (χ4v) is 3.74. The number of hydrogen-bond acceptors (Lipinski definition) is 6. The van der Waals surface area contributed by atoms with E-state index in [0.29, 0.717) is 18.1 Å². The molecule has 6 heteroatoms. The Hall–Kier alpha value is -2.05. The first-order chi connectivity index (χ1) is 12.1. The second kappa shape index (κ2) is 6.35. The fraction of sp³-hybridized carbons (Fsp3) is 0.526. The normalized spacial score (nSPS) is 21.6. The maximum atomic E-state index is 10.1. The summed E-state index contributed by atoms with van der Waals surface area (Å²) in [5, 5.41) is 11.0. The Bertz CT molecular complexity index is 775. The molecule has 2 heterocycles. The molecule has 1 aliphatic heterocycles. The first kappa shape index (κ1) is 16.4. The van der Waals surface area contributed by atoms with Crippen LogP contribution in [0.2, 0.25) is 0 Å². The summed E-state index contributed by atoms with van der Waals surface area (Å²) in [6, 6.07) is 5.61. The fourth-order valence-electron chi connectivity index (χ4n) is 3.74. The van der Waals surface area contributed by atoms with E-state index < -0.39 is 0 Å². The van der Waals surface area contributed by atoms with Crippen molar-refractivity contribution in [2.45, 2.75) is 18.9 Å². The number of hydrogen-bond donors (Lipinski definition) is 1. The number of aromatic nitrogens is 1. The Morgan fingerprint density at radius 2 is 2.00 bits per heavy atom. The van der Waals surface area contributed by atoms with Crippen molar-refractivity contribution in [3.63, 3.8) is 0 Å². The molecule has 6 nitrogen and oxygen atoms in total. The van der Waals surface area contributed by atoms with Gasteiger partial charge in [-0.3, -0.25) is 9.88 Å². The number of aliphatic hydroxyl groups is 1. The van der Waals surface area contributed by atoms with Crippen molar-refractivity contribution < 1.29 is 19.3 Å². The maximum absolute atomic E-state index is 10.1. The SMILES string of the molecule is COc1cc2c(OC)ccnc2cc1OCCN1CC(O)C2(CC2)C1. The van der Waals surface area contributed by atoms with Crippen LogP contribution in [0.3, 0.4) is 0 Å². The Balaban J connectivity index is 1.45. The van der Waals surface area contributed by atoms with E-state index in [2.05, 4.69) is 9.88 Å². The monoisotopic (exact) mass is 344 g/mol. The molecule has 0 bridgehead atoms. The summed E-state index contributed by atoms with van der Waals surface area (Å²) in [4.78, 5) is 6.67. The number of β-amino-alcohol motifs (C(OH)–C–C–N with tert-alkyl or cyclic N) is 1. The molecule has 1 aromatic heterocycles. The number of fused-ring (bicyclic) bond motifs is 1. The molecule has 1 aromatic carbocycles. The minimum Gasteiger partial charge on any atom is -0.496 e. The molecule has 1 saturated carbocycles. The molecule has 2 aromatic rings. The van der Waals surface area contributed by atoms with Crippen molar-refractivity contribution in [2.24, 2.45) is 5.41 Å². The third kappa shape index (κ3) is 3.00. The third-order valence-electron chi connectivity index (χ3n) is 5.44. The summed E-state index contributed by atoms with van der Waals surface area (Å²) in [5.74, 6) is 2.10. The van der Waals surface area contributed by atoms with E-state index in [4.69, 9.17) is 14.2 Å². The van der Waals surface area contributed by atoms with Gasteiger partial charge in [-0.2, -0.15) is 0 Å². The maximum Gasteiger partial charge on any atom is 0.163 e. The zero-order valence-electron chi connectivity index (χ0n) is 14.7. The number of methoxy groups -OCH3 is 2. The van der Waals surface area contributed by atoms with Crippen LogP contribution in [0.25, 0.3) is 10.9 Å². The highest BCUT2D eigenvalue weighted by Crippen LogP contribution is 2.52. The number of rotatable bonds is 6. The van der Waals surface area contributed by atoms with Crippen LogP contribution in [-0.2, 0) is 0 Å². The van der Waals surface area contributed by atoms with Gasteiger partial charge in [-0.1, -0.05) is 0 Å². The molecular formula is C19H24N2O4. The van der Waals surface area contributed by atoms with E-state index in [1.165, 1.54) is 0 Å².